The molecule has 0 heterocycles. The zero-order chi connectivity index (χ0) is 18.8. The van der Waals surface area contributed by atoms with Gasteiger partial charge >= 0.3 is 5.97 Å². The monoisotopic (exact) mass is 356 g/mol. The number of esters is 1. The van der Waals surface area contributed by atoms with Crippen LogP contribution in [0.2, 0.25) is 0 Å². The van der Waals surface area contributed by atoms with Crippen molar-refractivity contribution in [3.8, 4) is 6.07 Å². The maximum Gasteiger partial charge on any atom is 0.308 e. The van der Waals surface area contributed by atoms with Crippen LogP contribution < -0.4 is 10.6 Å². The van der Waals surface area contributed by atoms with Crippen molar-refractivity contribution in [2.24, 2.45) is 10.9 Å². The zero-order valence-electron chi connectivity index (χ0n) is 15.6. The number of hydrogen-bond donors (Lipinski definition) is 2. The fraction of sp³-hybridized carbons (Fsp3) is 0.550. The molecule has 0 bridgehead atoms. The van der Waals surface area contributed by atoms with Crippen LogP contribution in [0.5, 0.6) is 0 Å². The standard InChI is InChI=1S/C20H28N4O2/c1-3-22-20(23-14-16-7-5-6-15(12-16)13-21)24-18-10-8-17(9-11-18)19(25)26-4-2/h5-7,12,17-18H,3-4,8-11,14H2,1-2H3,(H2,22,23,24). The maximum atomic E-state index is 11.8. The minimum atomic E-state index is -0.0658. The molecule has 1 saturated carbocycles. The largest absolute Gasteiger partial charge is 0.466 e. The van der Waals surface area contributed by atoms with Crippen LogP contribution >= 0.6 is 0 Å². The summed E-state index contributed by atoms with van der Waals surface area (Å²) in [6.07, 6.45) is 3.55. The number of nitrogens with one attached hydrogen (secondary N) is 2. The second-order valence-electron chi connectivity index (χ2n) is 6.45. The van der Waals surface area contributed by atoms with Gasteiger partial charge < -0.3 is 15.4 Å². The van der Waals surface area contributed by atoms with E-state index in [1.54, 1.807) is 6.07 Å². The van der Waals surface area contributed by atoms with Gasteiger partial charge in [-0.2, -0.15) is 5.26 Å². The molecule has 1 aromatic carbocycles. The molecule has 6 heteroatoms. The first kappa shape index (κ1) is 19.8. The van der Waals surface area contributed by atoms with Crippen LogP contribution in [-0.2, 0) is 16.1 Å². The van der Waals surface area contributed by atoms with E-state index in [1.165, 1.54) is 0 Å². The lowest BCUT2D eigenvalue weighted by atomic mass is 9.86. The molecule has 0 saturated heterocycles. The van der Waals surface area contributed by atoms with Gasteiger partial charge in [0.2, 0.25) is 0 Å². The lowest BCUT2D eigenvalue weighted by molar-refractivity contribution is -0.149. The Morgan fingerprint density at radius 2 is 2.08 bits per heavy atom. The van der Waals surface area contributed by atoms with Gasteiger partial charge in [0.1, 0.15) is 0 Å². The van der Waals surface area contributed by atoms with Gasteiger partial charge in [-0.25, -0.2) is 4.99 Å². The molecule has 0 atom stereocenters. The maximum absolute atomic E-state index is 11.8. The predicted octanol–water partition coefficient (Wildman–Crippen LogP) is 2.74. The molecule has 1 fully saturated rings. The third kappa shape index (κ3) is 6.07. The molecule has 0 radical (unpaired) electrons. The molecular weight excluding hydrogens is 328 g/mol. The second kappa shape index (κ2) is 10.4. The summed E-state index contributed by atoms with van der Waals surface area (Å²) < 4.78 is 5.12. The van der Waals surface area contributed by atoms with Gasteiger partial charge in [0, 0.05) is 12.6 Å². The predicted molar refractivity (Wildman–Crippen MR) is 101 cm³/mol. The number of rotatable bonds is 6. The number of guanidine groups is 1. The highest BCUT2D eigenvalue weighted by Gasteiger charge is 2.27. The van der Waals surface area contributed by atoms with Crippen LogP contribution in [0.4, 0.5) is 0 Å². The number of nitriles is 1. The fourth-order valence-electron chi connectivity index (χ4n) is 3.16. The minimum absolute atomic E-state index is 0.0289. The molecule has 26 heavy (non-hydrogen) atoms. The van der Waals surface area contributed by atoms with Crippen molar-refractivity contribution in [1.29, 1.82) is 5.26 Å². The summed E-state index contributed by atoms with van der Waals surface area (Å²) in [6, 6.07) is 9.95. The number of aliphatic imine (C=N–C) groups is 1. The molecule has 140 valence electrons. The first-order chi connectivity index (χ1) is 12.7. The van der Waals surface area contributed by atoms with Crippen LogP contribution in [0.3, 0.4) is 0 Å². The van der Waals surface area contributed by atoms with Crippen LogP contribution in [0, 0.1) is 17.2 Å². The molecule has 1 aliphatic rings. The van der Waals surface area contributed by atoms with E-state index in [0.717, 1.165) is 43.8 Å². The molecule has 0 spiro atoms. The third-order valence-corrected chi connectivity index (χ3v) is 4.51. The summed E-state index contributed by atoms with van der Waals surface area (Å²) in [5.74, 6) is 0.736. The minimum Gasteiger partial charge on any atom is -0.466 e. The van der Waals surface area contributed by atoms with E-state index in [1.807, 2.05) is 32.0 Å². The first-order valence-electron chi connectivity index (χ1n) is 9.36. The Balaban J connectivity index is 1.90. The Morgan fingerprint density at radius 3 is 2.73 bits per heavy atom. The SMILES string of the molecule is CCNC(=NCc1cccc(C#N)c1)NC1CCC(C(=O)OCC)CC1. The Kier molecular flexibility index (Phi) is 7.94. The second-order valence-corrected chi connectivity index (χ2v) is 6.45. The van der Waals surface area contributed by atoms with Crippen molar-refractivity contribution in [2.75, 3.05) is 13.2 Å². The summed E-state index contributed by atoms with van der Waals surface area (Å²) in [5.41, 5.74) is 1.65. The number of carbonyl (C=O) groups is 1. The number of ether oxygens (including phenoxy) is 1. The summed E-state index contributed by atoms with van der Waals surface area (Å²) in [5, 5.41) is 15.7. The quantitative estimate of drug-likeness (QED) is 0.465. The Morgan fingerprint density at radius 1 is 1.31 bits per heavy atom. The average molecular weight is 356 g/mol. The van der Waals surface area contributed by atoms with E-state index in [4.69, 9.17) is 10.00 Å². The molecule has 2 rings (SSSR count). The van der Waals surface area contributed by atoms with E-state index in [2.05, 4.69) is 21.7 Å². The molecule has 6 nitrogen and oxygen atoms in total. The van der Waals surface area contributed by atoms with Crippen molar-refractivity contribution >= 4 is 11.9 Å². The average Bonchev–Trinajstić information content (AvgIpc) is 2.67. The Hall–Kier alpha value is -2.55. The molecule has 0 aliphatic heterocycles. The molecule has 0 aromatic heterocycles. The molecular formula is C20H28N4O2. The summed E-state index contributed by atoms with van der Waals surface area (Å²) >= 11 is 0. The lowest BCUT2D eigenvalue weighted by Crippen LogP contribution is -2.45. The van der Waals surface area contributed by atoms with Crippen molar-refractivity contribution < 1.29 is 9.53 Å². The Labute approximate surface area is 155 Å². The van der Waals surface area contributed by atoms with Crippen LogP contribution in [0.25, 0.3) is 0 Å². The van der Waals surface area contributed by atoms with E-state index in [9.17, 15) is 4.79 Å². The van der Waals surface area contributed by atoms with E-state index >= 15 is 0 Å². The van der Waals surface area contributed by atoms with Crippen molar-refractivity contribution in [3.63, 3.8) is 0 Å². The zero-order valence-corrected chi connectivity index (χ0v) is 15.6. The van der Waals surface area contributed by atoms with E-state index in [0.29, 0.717) is 24.8 Å². The number of benzene rings is 1. The molecule has 0 amide bonds. The highest BCUT2D eigenvalue weighted by Crippen LogP contribution is 2.25. The summed E-state index contributed by atoms with van der Waals surface area (Å²) in [7, 11) is 0. The highest BCUT2D eigenvalue weighted by molar-refractivity contribution is 5.80. The van der Waals surface area contributed by atoms with Gasteiger partial charge in [-0.1, -0.05) is 12.1 Å². The Bertz CT molecular complexity index is 658. The molecule has 2 N–H and O–H groups in total. The number of carbonyl (C=O) groups excluding carboxylic acids is 1. The van der Waals surface area contributed by atoms with Gasteiger partial charge in [-0.3, -0.25) is 4.79 Å². The summed E-state index contributed by atoms with van der Waals surface area (Å²) in [6.45, 7) is 5.62. The van der Waals surface area contributed by atoms with Crippen molar-refractivity contribution in [2.45, 2.75) is 52.1 Å². The molecule has 0 unspecified atom stereocenters. The number of hydrogen-bond acceptors (Lipinski definition) is 4. The van der Waals surface area contributed by atoms with Gasteiger partial charge in [0.15, 0.2) is 5.96 Å². The number of nitrogens with zero attached hydrogens (tertiary/aromatic N) is 2. The normalized spacial score (nSPS) is 20.1. The molecule has 1 aromatic rings. The first-order valence-corrected chi connectivity index (χ1v) is 9.36. The summed E-state index contributed by atoms with van der Waals surface area (Å²) in [4.78, 5) is 16.5. The van der Waals surface area contributed by atoms with Gasteiger partial charge in [-0.15, -0.1) is 0 Å². The third-order valence-electron chi connectivity index (χ3n) is 4.51. The van der Waals surface area contributed by atoms with Crippen LogP contribution in [-0.4, -0.2) is 31.1 Å². The van der Waals surface area contributed by atoms with E-state index in [-0.39, 0.29) is 11.9 Å². The van der Waals surface area contributed by atoms with Crippen LogP contribution in [0.15, 0.2) is 29.3 Å². The molecule has 1 aliphatic carbocycles. The van der Waals surface area contributed by atoms with Gasteiger partial charge in [0.05, 0.1) is 30.7 Å². The lowest BCUT2D eigenvalue weighted by Gasteiger charge is -2.29. The van der Waals surface area contributed by atoms with Crippen molar-refractivity contribution in [1.82, 2.24) is 10.6 Å². The van der Waals surface area contributed by atoms with Gasteiger partial charge in [0.25, 0.3) is 0 Å². The van der Waals surface area contributed by atoms with E-state index < -0.39 is 0 Å². The smallest absolute Gasteiger partial charge is 0.308 e. The topological polar surface area (TPSA) is 86.5 Å². The van der Waals surface area contributed by atoms with Crippen LogP contribution in [0.1, 0.15) is 50.7 Å². The highest BCUT2D eigenvalue weighted by atomic mass is 16.5. The fourth-order valence-corrected chi connectivity index (χ4v) is 3.16. The van der Waals surface area contributed by atoms with Gasteiger partial charge in [-0.05, 0) is 57.2 Å². The van der Waals surface area contributed by atoms with Crippen molar-refractivity contribution in [3.05, 3.63) is 35.4 Å².